The van der Waals surface area contributed by atoms with Gasteiger partial charge in [0.05, 0.1) is 12.2 Å². The van der Waals surface area contributed by atoms with Crippen molar-refractivity contribution in [2.75, 3.05) is 0 Å². The van der Waals surface area contributed by atoms with Crippen LogP contribution < -0.4 is 11.1 Å². The molecule has 0 radical (unpaired) electrons. The molecule has 1 amide bonds. The number of carbonyl (C=O) groups excluding carboxylic acids is 1. The molecule has 0 spiro atoms. The summed E-state index contributed by atoms with van der Waals surface area (Å²) < 4.78 is 0. The van der Waals surface area contributed by atoms with Gasteiger partial charge in [-0.1, -0.05) is 0 Å². The lowest BCUT2D eigenvalue weighted by Crippen LogP contribution is -2.23. The molecule has 2 aromatic heterocycles. The molecule has 8 heteroatoms. The average Bonchev–Trinajstić information content (AvgIpc) is 2.85. The van der Waals surface area contributed by atoms with Crippen molar-refractivity contribution in [3.63, 3.8) is 0 Å². The van der Waals surface area contributed by atoms with Gasteiger partial charge in [-0.2, -0.15) is 0 Å². The first kappa shape index (κ1) is 15.5. The largest absolute Gasteiger partial charge is 0.345 e. The van der Waals surface area contributed by atoms with Gasteiger partial charge in [0.15, 0.2) is 0 Å². The third-order valence-electron chi connectivity index (χ3n) is 2.22. The first-order chi connectivity index (χ1) is 8.69. The quantitative estimate of drug-likeness (QED) is 0.880. The SMILES string of the molecule is Cc1nccc(CNC(=O)c2csc(CN)n2)n1.Cl. The zero-order chi connectivity index (χ0) is 13.0. The van der Waals surface area contributed by atoms with Crippen LogP contribution in [0.25, 0.3) is 0 Å². The van der Waals surface area contributed by atoms with Crippen LogP contribution in [0.4, 0.5) is 0 Å². The van der Waals surface area contributed by atoms with Gasteiger partial charge in [-0.3, -0.25) is 4.79 Å². The smallest absolute Gasteiger partial charge is 0.271 e. The molecule has 0 saturated heterocycles. The molecule has 0 aromatic carbocycles. The van der Waals surface area contributed by atoms with Crippen molar-refractivity contribution in [3.8, 4) is 0 Å². The maximum Gasteiger partial charge on any atom is 0.271 e. The monoisotopic (exact) mass is 299 g/mol. The van der Waals surface area contributed by atoms with Gasteiger partial charge in [0.25, 0.3) is 5.91 Å². The van der Waals surface area contributed by atoms with Crippen molar-refractivity contribution in [3.05, 3.63) is 39.9 Å². The number of rotatable bonds is 4. The molecule has 2 rings (SSSR count). The molecule has 19 heavy (non-hydrogen) atoms. The number of hydrogen-bond acceptors (Lipinski definition) is 6. The van der Waals surface area contributed by atoms with Crippen molar-refractivity contribution in [2.45, 2.75) is 20.0 Å². The number of aromatic nitrogens is 3. The van der Waals surface area contributed by atoms with E-state index in [-0.39, 0.29) is 18.3 Å². The number of carbonyl (C=O) groups is 1. The highest BCUT2D eigenvalue weighted by Crippen LogP contribution is 2.08. The Morgan fingerprint density at radius 3 is 2.89 bits per heavy atom. The van der Waals surface area contributed by atoms with Crippen LogP contribution in [-0.2, 0) is 13.1 Å². The Balaban J connectivity index is 0.00000180. The van der Waals surface area contributed by atoms with Crippen LogP contribution in [0, 0.1) is 6.92 Å². The molecule has 0 atom stereocenters. The van der Waals surface area contributed by atoms with Gasteiger partial charge in [-0.25, -0.2) is 15.0 Å². The first-order valence-corrected chi connectivity index (χ1v) is 6.28. The predicted octanol–water partition coefficient (Wildman–Crippen LogP) is 1.05. The fraction of sp³-hybridized carbons (Fsp3) is 0.273. The molecular formula is C11H14ClN5OS. The molecule has 0 bridgehead atoms. The Labute approximate surface area is 120 Å². The molecule has 2 aromatic rings. The van der Waals surface area contributed by atoms with E-state index in [0.29, 0.717) is 24.6 Å². The second kappa shape index (κ2) is 7.13. The molecule has 3 N–H and O–H groups in total. The minimum atomic E-state index is -0.220. The van der Waals surface area contributed by atoms with Crippen LogP contribution in [0.1, 0.15) is 27.0 Å². The average molecular weight is 300 g/mol. The first-order valence-electron chi connectivity index (χ1n) is 5.40. The topological polar surface area (TPSA) is 93.8 Å². The number of aryl methyl sites for hydroxylation is 1. The number of nitrogens with zero attached hydrogens (tertiary/aromatic N) is 3. The summed E-state index contributed by atoms with van der Waals surface area (Å²) in [5, 5.41) is 5.20. The van der Waals surface area contributed by atoms with E-state index < -0.39 is 0 Å². The number of nitrogens with two attached hydrogens (primary N) is 1. The fourth-order valence-electron chi connectivity index (χ4n) is 1.37. The zero-order valence-electron chi connectivity index (χ0n) is 10.3. The molecule has 0 aliphatic heterocycles. The lowest BCUT2D eigenvalue weighted by atomic mass is 10.3. The summed E-state index contributed by atoms with van der Waals surface area (Å²) in [6, 6.07) is 1.76. The normalized spacial score (nSPS) is 9.79. The fourth-order valence-corrected chi connectivity index (χ4v) is 2.03. The van der Waals surface area contributed by atoms with E-state index in [1.54, 1.807) is 24.6 Å². The Hall–Kier alpha value is -1.57. The van der Waals surface area contributed by atoms with E-state index in [1.165, 1.54) is 11.3 Å². The minimum Gasteiger partial charge on any atom is -0.345 e. The summed E-state index contributed by atoms with van der Waals surface area (Å²) in [6.07, 6.45) is 1.67. The number of amides is 1. The molecule has 2 heterocycles. The third-order valence-corrected chi connectivity index (χ3v) is 3.09. The second-order valence-corrected chi connectivity index (χ2v) is 4.55. The Morgan fingerprint density at radius 1 is 1.47 bits per heavy atom. The molecule has 0 saturated carbocycles. The lowest BCUT2D eigenvalue weighted by molar-refractivity contribution is 0.0946. The van der Waals surface area contributed by atoms with E-state index in [0.717, 1.165) is 10.7 Å². The molecule has 0 fully saturated rings. The highest BCUT2D eigenvalue weighted by molar-refractivity contribution is 7.09. The van der Waals surface area contributed by atoms with Crippen LogP contribution in [-0.4, -0.2) is 20.9 Å². The van der Waals surface area contributed by atoms with Gasteiger partial charge in [0.2, 0.25) is 0 Å². The Morgan fingerprint density at radius 2 is 2.26 bits per heavy atom. The van der Waals surface area contributed by atoms with E-state index in [9.17, 15) is 4.79 Å². The summed E-state index contributed by atoms with van der Waals surface area (Å²) in [4.78, 5) is 24.1. The Bertz CT molecular complexity index is 560. The summed E-state index contributed by atoms with van der Waals surface area (Å²) in [6.45, 7) is 2.51. The molecular weight excluding hydrogens is 286 g/mol. The highest BCUT2D eigenvalue weighted by atomic mass is 35.5. The van der Waals surface area contributed by atoms with E-state index in [4.69, 9.17) is 5.73 Å². The van der Waals surface area contributed by atoms with Crippen molar-refractivity contribution in [2.24, 2.45) is 5.73 Å². The van der Waals surface area contributed by atoms with Crippen molar-refractivity contribution in [1.29, 1.82) is 0 Å². The van der Waals surface area contributed by atoms with Gasteiger partial charge < -0.3 is 11.1 Å². The number of nitrogens with one attached hydrogen (secondary N) is 1. The van der Waals surface area contributed by atoms with Gasteiger partial charge in [0.1, 0.15) is 16.5 Å². The van der Waals surface area contributed by atoms with Crippen molar-refractivity contribution >= 4 is 29.7 Å². The summed E-state index contributed by atoms with van der Waals surface area (Å²) in [7, 11) is 0. The maximum absolute atomic E-state index is 11.8. The van der Waals surface area contributed by atoms with E-state index in [1.807, 2.05) is 0 Å². The molecule has 0 aliphatic carbocycles. The predicted molar refractivity (Wildman–Crippen MR) is 75.2 cm³/mol. The van der Waals surface area contributed by atoms with Crippen LogP contribution in [0.5, 0.6) is 0 Å². The van der Waals surface area contributed by atoms with Crippen LogP contribution in [0.15, 0.2) is 17.6 Å². The zero-order valence-corrected chi connectivity index (χ0v) is 11.9. The molecule has 6 nitrogen and oxygen atoms in total. The van der Waals surface area contributed by atoms with E-state index in [2.05, 4.69) is 20.3 Å². The molecule has 0 unspecified atom stereocenters. The summed E-state index contributed by atoms with van der Waals surface area (Å²) in [5.41, 5.74) is 6.61. The summed E-state index contributed by atoms with van der Waals surface area (Å²) in [5.74, 6) is 0.461. The van der Waals surface area contributed by atoms with Crippen LogP contribution in [0.2, 0.25) is 0 Å². The lowest BCUT2D eigenvalue weighted by Gasteiger charge is -2.03. The number of thiazole rings is 1. The van der Waals surface area contributed by atoms with Gasteiger partial charge in [0, 0.05) is 18.1 Å². The van der Waals surface area contributed by atoms with Crippen molar-refractivity contribution < 1.29 is 4.79 Å². The van der Waals surface area contributed by atoms with Crippen LogP contribution >= 0.6 is 23.7 Å². The van der Waals surface area contributed by atoms with Gasteiger partial charge >= 0.3 is 0 Å². The van der Waals surface area contributed by atoms with Crippen LogP contribution in [0.3, 0.4) is 0 Å². The Kier molecular flexibility index (Phi) is 5.81. The van der Waals surface area contributed by atoms with Crippen molar-refractivity contribution in [1.82, 2.24) is 20.3 Å². The number of hydrogen-bond donors (Lipinski definition) is 2. The molecule has 102 valence electrons. The third kappa shape index (κ3) is 4.23. The maximum atomic E-state index is 11.8. The second-order valence-electron chi connectivity index (χ2n) is 3.61. The highest BCUT2D eigenvalue weighted by Gasteiger charge is 2.09. The summed E-state index contributed by atoms with van der Waals surface area (Å²) >= 11 is 1.38. The van der Waals surface area contributed by atoms with E-state index >= 15 is 0 Å². The number of halogens is 1. The van der Waals surface area contributed by atoms with Gasteiger partial charge in [-0.05, 0) is 13.0 Å². The minimum absolute atomic E-state index is 0. The standard InChI is InChI=1S/C11H13N5OS.ClH/c1-7-13-3-2-8(15-7)5-14-11(17)9-6-18-10(4-12)16-9;/h2-3,6H,4-5,12H2,1H3,(H,14,17);1H. The molecule has 0 aliphatic rings. The van der Waals surface area contributed by atoms with Gasteiger partial charge in [-0.15, -0.1) is 23.7 Å².